The van der Waals surface area contributed by atoms with Crippen LogP contribution >= 0.6 is 0 Å². The molecule has 0 saturated carbocycles. The number of benzene rings is 2. The highest BCUT2D eigenvalue weighted by molar-refractivity contribution is 5.89. The number of hydrogen-bond donors (Lipinski definition) is 3. The molecule has 21 heavy (non-hydrogen) atoms. The van der Waals surface area contributed by atoms with E-state index in [0.717, 1.165) is 0 Å². The van der Waals surface area contributed by atoms with Gasteiger partial charge in [-0.15, -0.1) is 0 Å². The Hall–Kier alpha value is -3.02. The average molecular weight is 286 g/mol. The van der Waals surface area contributed by atoms with Crippen LogP contribution in [0.2, 0.25) is 0 Å². The molecule has 0 aliphatic rings. The Labute approximate surface area is 121 Å². The van der Waals surface area contributed by atoms with Gasteiger partial charge in [0, 0.05) is 11.4 Å². The minimum absolute atomic E-state index is 0.432. The van der Waals surface area contributed by atoms with E-state index in [9.17, 15) is 9.59 Å². The molecular weight excluding hydrogens is 272 g/mol. The van der Waals surface area contributed by atoms with Gasteiger partial charge in [-0.1, -0.05) is 18.2 Å². The Morgan fingerprint density at radius 1 is 1.05 bits per heavy atom. The van der Waals surface area contributed by atoms with E-state index < -0.39 is 12.2 Å². The lowest BCUT2D eigenvalue weighted by Crippen LogP contribution is -2.17. The van der Waals surface area contributed by atoms with Gasteiger partial charge in [-0.05, 0) is 42.8 Å². The van der Waals surface area contributed by atoms with Crippen molar-refractivity contribution in [1.29, 1.82) is 0 Å². The SMILES string of the molecule is Cc1cc(NC(=O)O)ccc1NC(=O)Oc1ccccc1. The summed E-state index contributed by atoms with van der Waals surface area (Å²) in [6.45, 7) is 1.76. The van der Waals surface area contributed by atoms with Crippen molar-refractivity contribution < 1.29 is 19.4 Å². The molecule has 0 saturated heterocycles. The van der Waals surface area contributed by atoms with Gasteiger partial charge in [0.25, 0.3) is 0 Å². The van der Waals surface area contributed by atoms with Gasteiger partial charge in [-0.2, -0.15) is 0 Å². The zero-order valence-corrected chi connectivity index (χ0v) is 11.3. The first-order chi connectivity index (χ1) is 10.0. The molecule has 2 rings (SSSR count). The van der Waals surface area contributed by atoms with Gasteiger partial charge in [-0.25, -0.2) is 9.59 Å². The third-order valence-electron chi connectivity index (χ3n) is 2.67. The number of nitrogens with one attached hydrogen (secondary N) is 2. The summed E-state index contributed by atoms with van der Waals surface area (Å²) in [5, 5.41) is 13.5. The average Bonchev–Trinajstić information content (AvgIpc) is 2.42. The summed E-state index contributed by atoms with van der Waals surface area (Å²) in [7, 11) is 0. The van der Waals surface area contributed by atoms with Crippen molar-refractivity contribution >= 4 is 23.6 Å². The fourth-order valence-electron chi connectivity index (χ4n) is 1.74. The third-order valence-corrected chi connectivity index (χ3v) is 2.67. The fourth-order valence-corrected chi connectivity index (χ4v) is 1.74. The van der Waals surface area contributed by atoms with Crippen LogP contribution in [0.1, 0.15) is 5.56 Å². The fraction of sp³-hybridized carbons (Fsp3) is 0.0667. The number of rotatable bonds is 3. The molecule has 108 valence electrons. The van der Waals surface area contributed by atoms with Gasteiger partial charge < -0.3 is 9.84 Å². The predicted molar refractivity (Wildman–Crippen MR) is 78.9 cm³/mol. The van der Waals surface area contributed by atoms with Gasteiger partial charge in [0.2, 0.25) is 0 Å². The maximum atomic E-state index is 11.8. The number of hydrogen-bond acceptors (Lipinski definition) is 3. The lowest BCUT2D eigenvalue weighted by molar-refractivity contribution is 0.209. The Balaban J connectivity index is 2.02. The monoisotopic (exact) mass is 286 g/mol. The van der Waals surface area contributed by atoms with Gasteiger partial charge >= 0.3 is 12.2 Å². The molecule has 0 fully saturated rings. The molecule has 2 aromatic carbocycles. The summed E-state index contributed by atoms with van der Waals surface area (Å²) in [5.74, 6) is 0.441. The van der Waals surface area contributed by atoms with Gasteiger partial charge in [0.1, 0.15) is 5.75 Å². The van der Waals surface area contributed by atoms with Crippen LogP contribution in [0.25, 0.3) is 0 Å². The number of carbonyl (C=O) groups excluding carboxylic acids is 1. The molecule has 0 unspecified atom stereocenters. The van der Waals surface area contributed by atoms with Crippen LogP contribution in [-0.2, 0) is 0 Å². The van der Waals surface area contributed by atoms with Gasteiger partial charge in [-0.3, -0.25) is 10.6 Å². The Morgan fingerprint density at radius 2 is 1.76 bits per heavy atom. The molecule has 3 N–H and O–H groups in total. The highest BCUT2D eigenvalue weighted by Gasteiger charge is 2.08. The number of para-hydroxylation sites is 1. The molecule has 0 aliphatic carbocycles. The second kappa shape index (κ2) is 6.42. The van der Waals surface area contributed by atoms with E-state index in [2.05, 4.69) is 10.6 Å². The molecular formula is C15H14N2O4. The Morgan fingerprint density at radius 3 is 2.38 bits per heavy atom. The summed E-state index contributed by atoms with van der Waals surface area (Å²) in [5.41, 5.74) is 1.69. The first-order valence-electron chi connectivity index (χ1n) is 6.19. The van der Waals surface area contributed by atoms with Crippen molar-refractivity contribution in [3.05, 3.63) is 54.1 Å². The predicted octanol–water partition coefficient (Wildman–Crippen LogP) is 3.70. The molecule has 0 bridgehead atoms. The van der Waals surface area contributed by atoms with Crippen LogP contribution in [0, 0.1) is 6.92 Å². The van der Waals surface area contributed by atoms with Crippen LogP contribution in [-0.4, -0.2) is 17.3 Å². The summed E-state index contributed by atoms with van der Waals surface area (Å²) in [4.78, 5) is 22.3. The van der Waals surface area contributed by atoms with Crippen LogP contribution in [0.3, 0.4) is 0 Å². The van der Waals surface area contributed by atoms with Crippen molar-refractivity contribution in [2.24, 2.45) is 0 Å². The summed E-state index contributed by atoms with van der Waals surface area (Å²) >= 11 is 0. The van der Waals surface area contributed by atoms with Crippen LogP contribution in [0.5, 0.6) is 5.75 Å². The normalized spacial score (nSPS) is 9.76. The van der Waals surface area contributed by atoms with E-state index in [1.165, 1.54) is 0 Å². The van der Waals surface area contributed by atoms with Gasteiger partial charge in [0.15, 0.2) is 0 Å². The van der Waals surface area contributed by atoms with Gasteiger partial charge in [0.05, 0.1) is 0 Å². The number of ether oxygens (including phenoxy) is 1. The van der Waals surface area contributed by atoms with Crippen molar-refractivity contribution in [3.8, 4) is 5.75 Å². The number of carbonyl (C=O) groups is 2. The standard InChI is InChI=1S/C15H14N2O4/c1-10-9-11(16-14(18)19)7-8-13(10)17-15(20)21-12-5-3-2-4-6-12/h2-9,16H,1H3,(H,17,20)(H,18,19). The van der Waals surface area contributed by atoms with Crippen LogP contribution in [0.15, 0.2) is 48.5 Å². The van der Waals surface area contributed by atoms with E-state index in [1.807, 2.05) is 6.07 Å². The second-order valence-electron chi connectivity index (χ2n) is 4.29. The molecule has 0 aliphatic heterocycles. The number of anilines is 2. The van der Waals surface area contributed by atoms with Crippen LogP contribution < -0.4 is 15.4 Å². The maximum Gasteiger partial charge on any atom is 0.417 e. The van der Waals surface area contributed by atoms with Crippen molar-refractivity contribution in [2.75, 3.05) is 10.6 Å². The molecule has 0 aromatic heterocycles. The summed E-state index contributed by atoms with van der Waals surface area (Å²) in [6, 6.07) is 13.5. The van der Waals surface area contributed by atoms with E-state index in [1.54, 1.807) is 49.4 Å². The number of amides is 2. The lowest BCUT2D eigenvalue weighted by atomic mass is 10.2. The minimum atomic E-state index is -1.14. The van der Waals surface area contributed by atoms with Crippen molar-refractivity contribution in [3.63, 3.8) is 0 Å². The number of aryl methyl sites for hydroxylation is 1. The third kappa shape index (κ3) is 4.24. The molecule has 2 aromatic rings. The molecule has 2 amide bonds. The highest BCUT2D eigenvalue weighted by Crippen LogP contribution is 2.20. The van der Waals surface area contributed by atoms with Crippen molar-refractivity contribution in [1.82, 2.24) is 0 Å². The molecule has 6 heteroatoms. The second-order valence-corrected chi connectivity index (χ2v) is 4.29. The lowest BCUT2D eigenvalue weighted by Gasteiger charge is -2.10. The van der Waals surface area contributed by atoms with E-state index in [-0.39, 0.29) is 0 Å². The smallest absolute Gasteiger partial charge is 0.417 e. The quantitative estimate of drug-likeness (QED) is 0.802. The Bertz CT molecular complexity index is 656. The number of carboxylic acid groups (broad SMARTS) is 1. The molecule has 0 atom stereocenters. The molecule has 6 nitrogen and oxygen atoms in total. The highest BCUT2D eigenvalue weighted by atomic mass is 16.6. The topological polar surface area (TPSA) is 87.7 Å². The largest absolute Gasteiger partial charge is 0.465 e. The van der Waals surface area contributed by atoms with E-state index in [4.69, 9.17) is 9.84 Å². The molecule has 0 radical (unpaired) electrons. The maximum absolute atomic E-state index is 11.8. The van der Waals surface area contributed by atoms with E-state index in [0.29, 0.717) is 22.7 Å². The van der Waals surface area contributed by atoms with E-state index >= 15 is 0 Å². The molecule has 0 spiro atoms. The summed E-state index contributed by atoms with van der Waals surface area (Å²) in [6.07, 6.45) is -1.75. The van der Waals surface area contributed by atoms with Crippen LogP contribution in [0.4, 0.5) is 21.0 Å². The Kier molecular flexibility index (Phi) is 4.40. The summed E-state index contributed by atoms with van der Waals surface area (Å²) < 4.78 is 5.11. The zero-order valence-electron chi connectivity index (χ0n) is 11.3. The zero-order chi connectivity index (χ0) is 15.2. The first-order valence-corrected chi connectivity index (χ1v) is 6.19. The first kappa shape index (κ1) is 14.4. The molecule has 0 heterocycles. The minimum Gasteiger partial charge on any atom is -0.465 e. The van der Waals surface area contributed by atoms with Crippen molar-refractivity contribution in [2.45, 2.75) is 6.92 Å².